The number of aromatic amines is 1. The first kappa shape index (κ1) is 20.8. The average molecular weight is 462 g/mol. The summed E-state index contributed by atoms with van der Waals surface area (Å²) in [4.78, 5) is 29.9. The van der Waals surface area contributed by atoms with Crippen molar-refractivity contribution in [2.45, 2.75) is 13.0 Å². The van der Waals surface area contributed by atoms with E-state index in [0.29, 0.717) is 54.5 Å². The zero-order chi connectivity index (χ0) is 21.1. The fraction of sp³-hybridized carbons (Fsp3) is 0.300. The Morgan fingerprint density at radius 3 is 2.47 bits per heavy atom. The van der Waals surface area contributed by atoms with Crippen molar-refractivity contribution < 1.29 is 9.59 Å². The van der Waals surface area contributed by atoms with E-state index in [0.717, 1.165) is 10.7 Å². The average Bonchev–Trinajstić information content (AvgIpc) is 3.42. The number of piperazine rings is 1. The third-order valence-electron chi connectivity index (χ3n) is 5.06. The predicted molar refractivity (Wildman–Crippen MR) is 119 cm³/mol. The molecule has 7 nitrogen and oxygen atoms in total. The number of nitrogens with one attached hydrogen (secondary N) is 1. The normalized spacial score (nSPS) is 14.2. The van der Waals surface area contributed by atoms with Gasteiger partial charge < -0.3 is 9.80 Å². The van der Waals surface area contributed by atoms with Gasteiger partial charge in [0.2, 0.25) is 5.91 Å². The van der Waals surface area contributed by atoms with E-state index in [1.165, 1.54) is 0 Å². The van der Waals surface area contributed by atoms with Crippen LogP contribution in [0.25, 0.3) is 10.7 Å². The van der Waals surface area contributed by atoms with Crippen LogP contribution in [-0.4, -0.2) is 62.6 Å². The summed E-state index contributed by atoms with van der Waals surface area (Å²) in [7, 11) is 0. The van der Waals surface area contributed by atoms with E-state index in [4.69, 9.17) is 23.8 Å². The summed E-state index contributed by atoms with van der Waals surface area (Å²) in [5, 5.41) is 9.68. The van der Waals surface area contributed by atoms with Crippen LogP contribution in [0.15, 0.2) is 41.8 Å². The number of halogens is 1. The van der Waals surface area contributed by atoms with Gasteiger partial charge in [0.25, 0.3) is 5.91 Å². The van der Waals surface area contributed by atoms with Crippen LogP contribution in [0.1, 0.15) is 16.8 Å². The first-order valence-electron chi connectivity index (χ1n) is 9.54. The molecule has 0 atom stereocenters. The molecule has 0 saturated carbocycles. The minimum Gasteiger partial charge on any atom is -0.339 e. The van der Waals surface area contributed by atoms with Gasteiger partial charge in [0.1, 0.15) is 0 Å². The number of carbonyl (C=O) groups is 2. The van der Waals surface area contributed by atoms with Gasteiger partial charge in [-0.15, -0.1) is 11.3 Å². The molecular formula is C20H20ClN5O2S2. The van der Waals surface area contributed by atoms with Crippen LogP contribution in [0, 0.1) is 4.77 Å². The maximum atomic E-state index is 12.7. The lowest BCUT2D eigenvalue weighted by Crippen LogP contribution is -2.50. The summed E-state index contributed by atoms with van der Waals surface area (Å²) in [5.74, 6) is 0.763. The third kappa shape index (κ3) is 4.48. The quantitative estimate of drug-likeness (QED) is 0.588. The van der Waals surface area contributed by atoms with Crippen LogP contribution in [0.3, 0.4) is 0 Å². The highest BCUT2D eigenvalue weighted by Crippen LogP contribution is 2.23. The molecule has 156 valence electrons. The number of H-pyrrole nitrogens is 1. The molecule has 3 heterocycles. The number of rotatable bonds is 5. The highest BCUT2D eigenvalue weighted by atomic mass is 35.5. The Bertz CT molecular complexity index is 1080. The Morgan fingerprint density at radius 1 is 1.10 bits per heavy atom. The summed E-state index contributed by atoms with van der Waals surface area (Å²) in [6, 6.07) is 10.8. The lowest BCUT2D eigenvalue weighted by atomic mass is 10.2. The summed E-state index contributed by atoms with van der Waals surface area (Å²) in [5.41, 5.74) is 0.606. The smallest absolute Gasteiger partial charge is 0.253 e. The van der Waals surface area contributed by atoms with Crippen molar-refractivity contribution in [3.63, 3.8) is 0 Å². The van der Waals surface area contributed by atoms with Crippen molar-refractivity contribution in [3.05, 3.63) is 57.1 Å². The third-order valence-corrected chi connectivity index (χ3v) is 6.49. The van der Waals surface area contributed by atoms with Crippen LogP contribution < -0.4 is 0 Å². The second-order valence-electron chi connectivity index (χ2n) is 6.91. The van der Waals surface area contributed by atoms with Gasteiger partial charge in [-0.05, 0) is 47.9 Å². The Hall–Kier alpha value is -2.49. The molecule has 4 rings (SSSR count). The highest BCUT2D eigenvalue weighted by Gasteiger charge is 2.25. The number of thiophene rings is 1. The van der Waals surface area contributed by atoms with Gasteiger partial charge in [0.05, 0.1) is 4.88 Å². The number of hydrogen-bond donors (Lipinski definition) is 1. The molecule has 1 saturated heterocycles. The first-order chi connectivity index (χ1) is 14.5. The van der Waals surface area contributed by atoms with Gasteiger partial charge in [0.15, 0.2) is 10.6 Å². The van der Waals surface area contributed by atoms with Crippen molar-refractivity contribution in [2.24, 2.45) is 0 Å². The summed E-state index contributed by atoms with van der Waals surface area (Å²) < 4.78 is 2.36. The minimum atomic E-state index is -0.0379. The van der Waals surface area contributed by atoms with E-state index in [9.17, 15) is 9.59 Å². The molecule has 1 aromatic carbocycles. The van der Waals surface area contributed by atoms with Gasteiger partial charge in [-0.25, -0.2) is 0 Å². The second kappa shape index (κ2) is 9.11. The summed E-state index contributed by atoms with van der Waals surface area (Å²) in [6.45, 7) is 2.53. The van der Waals surface area contributed by atoms with E-state index in [-0.39, 0.29) is 11.8 Å². The van der Waals surface area contributed by atoms with E-state index >= 15 is 0 Å². The number of benzene rings is 1. The highest BCUT2D eigenvalue weighted by molar-refractivity contribution is 7.71. The molecule has 2 aromatic heterocycles. The molecule has 0 bridgehead atoms. The molecule has 1 N–H and O–H groups in total. The lowest BCUT2D eigenvalue weighted by Gasteiger charge is -2.35. The standard InChI is InChI=1S/C20H20ClN5O2S2/c21-15-5-3-14(4-6-15)19(28)25-11-9-24(10-12-25)17(27)7-8-26-18(22-23-20(26)29)16-2-1-13-30-16/h1-6,13H,7-12H2,(H,23,29). The van der Waals surface area contributed by atoms with Crippen LogP contribution in [0.2, 0.25) is 5.02 Å². The minimum absolute atomic E-state index is 0.0379. The fourth-order valence-corrected chi connectivity index (χ4v) is 4.49. The first-order valence-corrected chi connectivity index (χ1v) is 11.2. The SMILES string of the molecule is O=C(CCn1c(-c2cccs2)n[nH]c1=S)N1CCN(C(=O)c2ccc(Cl)cc2)CC1. The fourth-order valence-electron chi connectivity index (χ4n) is 3.42. The number of aromatic nitrogens is 3. The monoisotopic (exact) mass is 461 g/mol. The Kier molecular flexibility index (Phi) is 6.31. The predicted octanol–water partition coefficient (Wildman–Crippen LogP) is 3.70. The number of amides is 2. The molecule has 1 aliphatic rings. The molecule has 0 radical (unpaired) electrons. The largest absolute Gasteiger partial charge is 0.339 e. The van der Waals surface area contributed by atoms with Crippen LogP contribution in [-0.2, 0) is 11.3 Å². The van der Waals surface area contributed by atoms with E-state index in [1.54, 1.807) is 45.4 Å². The molecule has 0 spiro atoms. The van der Waals surface area contributed by atoms with Crippen LogP contribution in [0.5, 0.6) is 0 Å². The number of hydrogen-bond acceptors (Lipinski definition) is 5. The van der Waals surface area contributed by atoms with Gasteiger partial charge in [-0.2, -0.15) is 5.10 Å². The zero-order valence-electron chi connectivity index (χ0n) is 16.1. The Morgan fingerprint density at radius 2 is 1.80 bits per heavy atom. The van der Waals surface area contributed by atoms with Gasteiger partial charge in [0, 0.05) is 49.7 Å². The van der Waals surface area contributed by atoms with Crippen LogP contribution in [0.4, 0.5) is 0 Å². The van der Waals surface area contributed by atoms with Crippen molar-refractivity contribution in [1.29, 1.82) is 0 Å². The van der Waals surface area contributed by atoms with Crippen molar-refractivity contribution in [3.8, 4) is 10.7 Å². The maximum absolute atomic E-state index is 12.7. The lowest BCUT2D eigenvalue weighted by molar-refractivity contribution is -0.132. The van der Waals surface area contributed by atoms with Gasteiger partial charge in [-0.1, -0.05) is 17.7 Å². The summed E-state index contributed by atoms with van der Waals surface area (Å²) >= 11 is 12.8. The molecule has 30 heavy (non-hydrogen) atoms. The molecule has 0 unspecified atom stereocenters. The van der Waals surface area contributed by atoms with Crippen molar-refractivity contribution in [1.82, 2.24) is 24.6 Å². The molecule has 1 aliphatic heterocycles. The second-order valence-corrected chi connectivity index (χ2v) is 8.68. The molecule has 3 aromatic rings. The van der Waals surface area contributed by atoms with Crippen LogP contribution >= 0.6 is 35.2 Å². The van der Waals surface area contributed by atoms with Crippen molar-refractivity contribution >= 4 is 47.0 Å². The van der Waals surface area contributed by atoms with Gasteiger partial charge >= 0.3 is 0 Å². The summed E-state index contributed by atoms with van der Waals surface area (Å²) in [6.07, 6.45) is 0.331. The zero-order valence-corrected chi connectivity index (χ0v) is 18.5. The Labute approximate surface area is 187 Å². The number of nitrogens with zero attached hydrogens (tertiary/aromatic N) is 4. The van der Waals surface area contributed by atoms with E-state index in [1.807, 2.05) is 22.1 Å². The Balaban J connectivity index is 1.32. The molecule has 1 fully saturated rings. The molecule has 2 amide bonds. The number of carbonyl (C=O) groups excluding carboxylic acids is 2. The topological polar surface area (TPSA) is 74.2 Å². The molecule has 10 heteroatoms. The van der Waals surface area contributed by atoms with Gasteiger partial charge in [-0.3, -0.25) is 19.3 Å². The van der Waals surface area contributed by atoms with E-state index in [2.05, 4.69) is 10.2 Å². The molecule has 0 aliphatic carbocycles. The molecular weight excluding hydrogens is 442 g/mol. The van der Waals surface area contributed by atoms with E-state index < -0.39 is 0 Å². The maximum Gasteiger partial charge on any atom is 0.253 e. The van der Waals surface area contributed by atoms with Crippen molar-refractivity contribution in [2.75, 3.05) is 26.2 Å².